The Morgan fingerprint density at radius 1 is 1.11 bits per heavy atom. The number of rotatable bonds is 5. The van der Waals surface area contributed by atoms with Crippen LogP contribution < -0.4 is 0 Å². The lowest BCUT2D eigenvalue weighted by Gasteiger charge is -2.24. The Hall–Kier alpha value is -3.08. The molecule has 2 aromatic heterocycles. The number of carbonyl (C=O) groups is 1. The van der Waals surface area contributed by atoms with Crippen molar-refractivity contribution >= 4 is 5.91 Å². The molecule has 0 aliphatic rings. The van der Waals surface area contributed by atoms with E-state index in [9.17, 15) is 4.79 Å². The molecular weight excluding hydrogens is 336 g/mol. The molecule has 0 radical (unpaired) electrons. The van der Waals surface area contributed by atoms with E-state index in [2.05, 4.69) is 29.9 Å². The van der Waals surface area contributed by atoms with Gasteiger partial charge in [-0.15, -0.1) is 0 Å². The van der Waals surface area contributed by atoms with E-state index >= 15 is 0 Å². The second-order valence-electron chi connectivity index (χ2n) is 6.62. The van der Waals surface area contributed by atoms with Crippen LogP contribution in [0.5, 0.6) is 0 Å². The van der Waals surface area contributed by atoms with Crippen molar-refractivity contribution in [1.29, 1.82) is 0 Å². The topological polar surface area (TPSA) is 59.0 Å². The van der Waals surface area contributed by atoms with Gasteiger partial charge < -0.3 is 4.90 Å². The van der Waals surface area contributed by atoms with Crippen molar-refractivity contribution in [3.63, 3.8) is 0 Å². The van der Waals surface area contributed by atoms with E-state index in [-0.39, 0.29) is 11.9 Å². The van der Waals surface area contributed by atoms with Gasteiger partial charge in [-0.05, 0) is 50.1 Å². The van der Waals surface area contributed by atoms with Crippen molar-refractivity contribution in [1.82, 2.24) is 19.9 Å². The molecule has 0 spiro atoms. The smallest absolute Gasteiger partial charge is 0.254 e. The summed E-state index contributed by atoms with van der Waals surface area (Å²) >= 11 is 0. The second kappa shape index (κ2) is 8.08. The molecule has 1 amide bonds. The molecule has 3 rings (SSSR count). The Labute approximate surface area is 160 Å². The van der Waals surface area contributed by atoms with Crippen LogP contribution in [0, 0.1) is 6.92 Å². The maximum atomic E-state index is 12.8. The summed E-state index contributed by atoms with van der Waals surface area (Å²) < 4.78 is 0. The highest BCUT2D eigenvalue weighted by Crippen LogP contribution is 2.22. The van der Waals surface area contributed by atoms with Gasteiger partial charge in [0.05, 0.1) is 17.4 Å². The molecule has 0 saturated heterocycles. The first-order chi connectivity index (χ1) is 13.0. The summed E-state index contributed by atoms with van der Waals surface area (Å²) in [4.78, 5) is 27.4. The Kier molecular flexibility index (Phi) is 5.60. The molecule has 0 N–H and O–H groups in total. The van der Waals surface area contributed by atoms with Gasteiger partial charge in [-0.2, -0.15) is 0 Å². The number of hydrogen-bond donors (Lipinski definition) is 0. The van der Waals surface area contributed by atoms with Gasteiger partial charge in [0.15, 0.2) is 0 Å². The van der Waals surface area contributed by atoms with E-state index in [1.165, 1.54) is 11.9 Å². The molecule has 2 heterocycles. The van der Waals surface area contributed by atoms with Crippen molar-refractivity contribution in [3.05, 3.63) is 77.5 Å². The molecule has 0 aliphatic heterocycles. The predicted molar refractivity (Wildman–Crippen MR) is 106 cm³/mol. The lowest BCUT2D eigenvalue weighted by Crippen LogP contribution is -2.30. The summed E-state index contributed by atoms with van der Waals surface area (Å²) in [6.45, 7) is 6.14. The van der Waals surface area contributed by atoms with Gasteiger partial charge in [0.2, 0.25) is 0 Å². The van der Waals surface area contributed by atoms with E-state index in [0.717, 1.165) is 29.1 Å². The lowest BCUT2D eigenvalue weighted by molar-refractivity contribution is 0.0739. The van der Waals surface area contributed by atoms with Crippen LogP contribution >= 0.6 is 0 Å². The summed E-state index contributed by atoms with van der Waals surface area (Å²) in [7, 11) is 1.79. The third-order valence-electron chi connectivity index (χ3n) is 4.90. The van der Waals surface area contributed by atoms with E-state index in [1.807, 2.05) is 43.3 Å². The first kappa shape index (κ1) is 18.7. The molecule has 3 aromatic rings. The molecule has 1 aromatic carbocycles. The molecular formula is C22H24N4O. The van der Waals surface area contributed by atoms with Gasteiger partial charge in [0.25, 0.3) is 5.91 Å². The van der Waals surface area contributed by atoms with E-state index in [4.69, 9.17) is 4.98 Å². The third kappa shape index (κ3) is 4.03. The average molecular weight is 360 g/mol. The minimum Gasteiger partial charge on any atom is -0.333 e. The summed E-state index contributed by atoms with van der Waals surface area (Å²) in [5.41, 5.74) is 5.70. The van der Waals surface area contributed by atoms with Crippen LogP contribution in [-0.4, -0.2) is 32.8 Å². The van der Waals surface area contributed by atoms with Gasteiger partial charge in [0.1, 0.15) is 6.33 Å². The zero-order valence-electron chi connectivity index (χ0n) is 16.2. The highest BCUT2D eigenvalue weighted by atomic mass is 16.2. The average Bonchev–Trinajstić information content (AvgIpc) is 2.73. The fourth-order valence-electron chi connectivity index (χ4n) is 3.00. The van der Waals surface area contributed by atoms with Crippen molar-refractivity contribution in [2.45, 2.75) is 33.2 Å². The number of aromatic nitrogens is 3. The monoisotopic (exact) mass is 360 g/mol. The zero-order valence-corrected chi connectivity index (χ0v) is 16.2. The van der Waals surface area contributed by atoms with Crippen molar-refractivity contribution in [2.24, 2.45) is 0 Å². The third-order valence-corrected chi connectivity index (χ3v) is 4.90. The molecule has 5 nitrogen and oxygen atoms in total. The Bertz CT molecular complexity index is 923. The number of aryl methyl sites for hydroxylation is 2. The quantitative estimate of drug-likeness (QED) is 0.683. The normalized spacial score (nSPS) is 11.9. The van der Waals surface area contributed by atoms with Crippen LogP contribution in [0.1, 0.15) is 47.2 Å². The van der Waals surface area contributed by atoms with Gasteiger partial charge in [0, 0.05) is 30.1 Å². The summed E-state index contributed by atoms with van der Waals surface area (Å²) in [5, 5.41) is 0. The fraction of sp³-hybridized carbons (Fsp3) is 0.273. The molecule has 5 heteroatoms. The molecule has 138 valence electrons. The van der Waals surface area contributed by atoms with Gasteiger partial charge in [-0.3, -0.25) is 9.78 Å². The largest absolute Gasteiger partial charge is 0.333 e. The molecule has 0 bridgehead atoms. The van der Waals surface area contributed by atoms with Crippen molar-refractivity contribution in [3.8, 4) is 11.3 Å². The van der Waals surface area contributed by atoms with Crippen LogP contribution in [0.4, 0.5) is 0 Å². The molecule has 0 unspecified atom stereocenters. The summed E-state index contributed by atoms with van der Waals surface area (Å²) in [5.74, 6) is -0.0428. The van der Waals surface area contributed by atoms with Crippen LogP contribution in [0.15, 0.2) is 55.0 Å². The Morgan fingerprint density at radius 2 is 1.85 bits per heavy atom. The zero-order chi connectivity index (χ0) is 19.4. The summed E-state index contributed by atoms with van der Waals surface area (Å²) in [6, 6.07) is 13.4. The Morgan fingerprint density at radius 3 is 2.48 bits per heavy atom. The molecule has 0 aliphatic carbocycles. The fourth-order valence-corrected chi connectivity index (χ4v) is 3.00. The minimum atomic E-state index is -0.133. The van der Waals surface area contributed by atoms with Gasteiger partial charge in [-0.1, -0.05) is 25.1 Å². The first-order valence-corrected chi connectivity index (χ1v) is 9.11. The first-order valence-electron chi connectivity index (χ1n) is 9.11. The van der Waals surface area contributed by atoms with Crippen LogP contribution in [0.2, 0.25) is 0 Å². The molecule has 0 fully saturated rings. The Balaban J connectivity index is 1.79. The number of hydrogen-bond acceptors (Lipinski definition) is 4. The standard InChI is InChI=1S/C22H24N4O/c1-5-19-15(2)6-11-21(25-19)17-7-9-18(10-8-17)22(27)26(4)16(3)20-12-13-23-14-24-20/h6-14,16H,5H2,1-4H3/t16-/m0/s1. The number of carbonyl (C=O) groups excluding carboxylic acids is 1. The molecule has 0 saturated carbocycles. The number of nitrogens with zero attached hydrogens (tertiary/aromatic N) is 4. The minimum absolute atomic E-state index is 0.0428. The van der Waals surface area contributed by atoms with E-state index < -0.39 is 0 Å². The highest BCUT2D eigenvalue weighted by molar-refractivity contribution is 5.94. The highest BCUT2D eigenvalue weighted by Gasteiger charge is 2.19. The lowest BCUT2D eigenvalue weighted by atomic mass is 10.0. The maximum absolute atomic E-state index is 12.8. The van der Waals surface area contributed by atoms with E-state index in [0.29, 0.717) is 5.56 Å². The molecule has 1 atom stereocenters. The number of pyridine rings is 1. The SMILES string of the molecule is CCc1nc(-c2ccc(C(=O)N(C)[C@@H](C)c3ccncn3)cc2)ccc1C. The predicted octanol–water partition coefficient (Wildman–Crippen LogP) is 4.24. The summed E-state index contributed by atoms with van der Waals surface area (Å²) in [6.07, 6.45) is 4.09. The van der Waals surface area contributed by atoms with Crippen LogP contribution in [-0.2, 0) is 6.42 Å². The van der Waals surface area contributed by atoms with Gasteiger partial charge in [-0.25, -0.2) is 9.97 Å². The number of benzene rings is 1. The van der Waals surface area contributed by atoms with Crippen LogP contribution in [0.25, 0.3) is 11.3 Å². The van der Waals surface area contributed by atoms with Crippen molar-refractivity contribution in [2.75, 3.05) is 7.05 Å². The van der Waals surface area contributed by atoms with Gasteiger partial charge >= 0.3 is 0 Å². The van der Waals surface area contributed by atoms with Crippen LogP contribution in [0.3, 0.4) is 0 Å². The molecule has 27 heavy (non-hydrogen) atoms. The number of amides is 1. The van der Waals surface area contributed by atoms with E-state index in [1.54, 1.807) is 18.1 Å². The second-order valence-corrected chi connectivity index (χ2v) is 6.62. The van der Waals surface area contributed by atoms with Crippen molar-refractivity contribution < 1.29 is 4.79 Å². The maximum Gasteiger partial charge on any atom is 0.254 e.